The molecule has 110 valence electrons. The second-order valence-corrected chi connectivity index (χ2v) is 7.03. The Hall–Kier alpha value is -0.0800. The quantitative estimate of drug-likeness (QED) is 0.624. The molecule has 0 spiro atoms. The van der Waals surface area contributed by atoms with Crippen molar-refractivity contribution >= 4 is 0 Å². The van der Waals surface area contributed by atoms with Gasteiger partial charge in [0.25, 0.3) is 0 Å². The Morgan fingerprint density at radius 1 is 1.06 bits per heavy atom. The van der Waals surface area contributed by atoms with Crippen LogP contribution in [0.1, 0.15) is 67.7 Å². The van der Waals surface area contributed by atoms with Crippen LogP contribution in [0.5, 0.6) is 0 Å². The second kappa shape index (κ2) is 8.16. The monoisotopic (exact) mass is 257 g/mol. The van der Waals surface area contributed by atoms with E-state index in [0.29, 0.717) is 11.3 Å². The van der Waals surface area contributed by atoms with E-state index < -0.39 is 0 Å². The minimum Gasteiger partial charge on any atom is -0.381 e. The molecule has 2 heteroatoms. The Morgan fingerprint density at radius 2 is 1.61 bits per heavy atom. The summed E-state index contributed by atoms with van der Waals surface area (Å²) in [5.41, 5.74) is 0.596. The van der Waals surface area contributed by atoms with Gasteiger partial charge in [0.15, 0.2) is 0 Å². The lowest BCUT2D eigenvalue weighted by molar-refractivity contribution is 0.0697. The molecule has 0 aromatic heterocycles. The first-order valence-corrected chi connectivity index (χ1v) is 7.57. The summed E-state index contributed by atoms with van der Waals surface area (Å²) in [6.45, 7) is 18.6. The van der Waals surface area contributed by atoms with E-state index in [1.54, 1.807) is 0 Å². The van der Waals surface area contributed by atoms with E-state index >= 15 is 0 Å². The maximum atomic E-state index is 5.76. The molecule has 0 radical (unpaired) electrons. The van der Waals surface area contributed by atoms with Gasteiger partial charge in [0.1, 0.15) is 0 Å². The van der Waals surface area contributed by atoms with Crippen LogP contribution in [0.2, 0.25) is 0 Å². The molecule has 1 N–H and O–H groups in total. The molecule has 0 amide bonds. The van der Waals surface area contributed by atoms with E-state index in [1.165, 1.54) is 12.8 Å². The van der Waals surface area contributed by atoms with Crippen LogP contribution in [0.4, 0.5) is 0 Å². The highest BCUT2D eigenvalue weighted by molar-refractivity contribution is 4.83. The van der Waals surface area contributed by atoms with Crippen LogP contribution in [-0.2, 0) is 4.74 Å². The van der Waals surface area contributed by atoms with Gasteiger partial charge in [-0.3, -0.25) is 0 Å². The third kappa shape index (κ3) is 8.10. The Morgan fingerprint density at radius 3 is 2.00 bits per heavy atom. The van der Waals surface area contributed by atoms with E-state index in [-0.39, 0.29) is 5.54 Å². The SMILES string of the molecule is CCC(CC)(CCOCC(C)C)CNC(C)(C)C. The zero-order valence-corrected chi connectivity index (χ0v) is 13.7. The fourth-order valence-electron chi connectivity index (χ4n) is 2.00. The molecule has 0 saturated carbocycles. The largest absolute Gasteiger partial charge is 0.381 e. The smallest absolute Gasteiger partial charge is 0.0488 e. The predicted octanol–water partition coefficient (Wildman–Crippen LogP) is 4.24. The third-order valence-corrected chi connectivity index (χ3v) is 3.72. The average Bonchev–Trinajstić information content (AvgIpc) is 2.27. The summed E-state index contributed by atoms with van der Waals surface area (Å²) in [7, 11) is 0. The summed E-state index contributed by atoms with van der Waals surface area (Å²) < 4.78 is 5.76. The van der Waals surface area contributed by atoms with Crippen molar-refractivity contribution < 1.29 is 4.74 Å². The van der Waals surface area contributed by atoms with Gasteiger partial charge in [0.05, 0.1) is 0 Å². The molecule has 0 unspecified atom stereocenters. The summed E-state index contributed by atoms with van der Waals surface area (Å²) in [5.74, 6) is 0.635. The third-order valence-electron chi connectivity index (χ3n) is 3.72. The Kier molecular flexibility index (Phi) is 8.13. The van der Waals surface area contributed by atoms with Crippen LogP contribution in [0, 0.1) is 11.3 Å². The highest BCUT2D eigenvalue weighted by Crippen LogP contribution is 2.30. The van der Waals surface area contributed by atoms with Crippen molar-refractivity contribution in [3.63, 3.8) is 0 Å². The van der Waals surface area contributed by atoms with E-state index in [4.69, 9.17) is 4.74 Å². The summed E-state index contributed by atoms with van der Waals surface area (Å²) in [6.07, 6.45) is 3.60. The van der Waals surface area contributed by atoms with Crippen molar-refractivity contribution in [3.05, 3.63) is 0 Å². The number of nitrogens with one attached hydrogen (secondary N) is 1. The minimum absolute atomic E-state index is 0.203. The molecule has 18 heavy (non-hydrogen) atoms. The van der Waals surface area contributed by atoms with E-state index in [9.17, 15) is 0 Å². The van der Waals surface area contributed by atoms with Crippen LogP contribution in [0.15, 0.2) is 0 Å². The molecule has 0 heterocycles. The normalized spacial score (nSPS) is 13.3. The Bertz CT molecular complexity index is 202. The molecule has 0 bridgehead atoms. The molecular weight excluding hydrogens is 222 g/mol. The van der Waals surface area contributed by atoms with Gasteiger partial charge in [0, 0.05) is 25.3 Å². The Labute approximate surface area is 115 Å². The molecule has 0 rings (SSSR count). The summed E-state index contributed by atoms with van der Waals surface area (Å²) in [6, 6.07) is 0. The van der Waals surface area contributed by atoms with Gasteiger partial charge in [-0.1, -0.05) is 27.7 Å². The first-order chi connectivity index (χ1) is 8.24. The number of hydrogen-bond donors (Lipinski definition) is 1. The maximum Gasteiger partial charge on any atom is 0.0488 e. The van der Waals surface area contributed by atoms with Crippen LogP contribution in [0.25, 0.3) is 0 Å². The van der Waals surface area contributed by atoms with Crippen molar-refractivity contribution in [2.75, 3.05) is 19.8 Å². The van der Waals surface area contributed by atoms with Crippen LogP contribution in [0.3, 0.4) is 0 Å². The van der Waals surface area contributed by atoms with Crippen LogP contribution < -0.4 is 5.32 Å². The molecule has 0 saturated heterocycles. The number of hydrogen-bond acceptors (Lipinski definition) is 2. The highest BCUT2D eigenvalue weighted by atomic mass is 16.5. The van der Waals surface area contributed by atoms with Crippen LogP contribution in [-0.4, -0.2) is 25.3 Å². The fourth-order valence-corrected chi connectivity index (χ4v) is 2.00. The average molecular weight is 257 g/mol. The molecular formula is C16H35NO. The molecule has 0 aliphatic rings. The highest BCUT2D eigenvalue weighted by Gasteiger charge is 2.27. The summed E-state index contributed by atoms with van der Waals surface area (Å²) >= 11 is 0. The number of ether oxygens (including phenoxy) is 1. The fraction of sp³-hybridized carbons (Fsp3) is 1.00. The summed E-state index contributed by atoms with van der Waals surface area (Å²) in [4.78, 5) is 0. The lowest BCUT2D eigenvalue weighted by Gasteiger charge is -2.35. The molecule has 0 fully saturated rings. The van der Waals surface area contributed by atoms with Gasteiger partial charge in [-0.25, -0.2) is 0 Å². The summed E-state index contributed by atoms with van der Waals surface area (Å²) in [5, 5.41) is 3.66. The van der Waals surface area contributed by atoms with Crippen molar-refractivity contribution in [2.45, 2.75) is 73.3 Å². The van der Waals surface area contributed by atoms with Gasteiger partial charge < -0.3 is 10.1 Å². The lowest BCUT2D eigenvalue weighted by Crippen LogP contribution is -2.44. The topological polar surface area (TPSA) is 21.3 Å². The van der Waals surface area contributed by atoms with Crippen molar-refractivity contribution in [1.82, 2.24) is 5.32 Å². The van der Waals surface area contributed by atoms with Crippen molar-refractivity contribution in [3.8, 4) is 0 Å². The Balaban J connectivity index is 4.17. The second-order valence-electron chi connectivity index (χ2n) is 7.03. The minimum atomic E-state index is 0.203. The van der Waals surface area contributed by atoms with Gasteiger partial charge >= 0.3 is 0 Å². The predicted molar refractivity (Wildman–Crippen MR) is 81.0 cm³/mol. The zero-order chi connectivity index (χ0) is 14.2. The molecule has 0 atom stereocenters. The van der Waals surface area contributed by atoms with Gasteiger partial charge in [-0.05, 0) is 51.4 Å². The zero-order valence-electron chi connectivity index (χ0n) is 13.7. The molecule has 0 aromatic rings. The van der Waals surface area contributed by atoms with Crippen LogP contribution >= 0.6 is 0 Å². The molecule has 0 aromatic carbocycles. The van der Waals surface area contributed by atoms with Gasteiger partial charge in [0.2, 0.25) is 0 Å². The van der Waals surface area contributed by atoms with Crippen molar-refractivity contribution in [2.24, 2.45) is 11.3 Å². The molecule has 0 aliphatic carbocycles. The lowest BCUT2D eigenvalue weighted by atomic mass is 9.79. The standard InChI is InChI=1S/C16H35NO/c1-8-16(9-2,13-17-15(5,6)7)10-11-18-12-14(3)4/h14,17H,8-13H2,1-7H3. The molecule has 0 aliphatic heterocycles. The van der Waals surface area contributed by atoms with Gasteiger partial charge in [-0.2, -0.15) is 0 Å². The maximum absolute atomic E-state index is 5.76. The molecule has 2 nitrogen and oxygen atoms in total. The van der Waals surface area contributed by atoms with E-state index in [2.05, 4.69) is 53.8 Å². The van der Waals surface area contributed by atoms with Crippen molar-refractivity contribution in [1.29, 1.82) is 0 Å². The van der Waals surface area contributed by atoms with E-state index in [1.807, 2.05) is 0 Å². The first-order valence-electron chi connectivity index (χ1n) is 7.57. The number of rotatable bonds is 9. The van der Waals surface area contributed by atoms with Gasteiger partial charge in [-0.15, -0.1) is 0 Å². The first kappa shape index (κ1) is 17.9. The van der Waals surface area contributed by atoms with E-state index in [0.717, 1.165) is 26.2 Å².